The summed E-state index contributed by atoms with van der Waals surface area (Å²) in [7, 11) is 0. The molecule has 5 nitrogen and oxygen atoms in total. The van der Waals surface area contributed by atoms with Crippen LogP contribution in [0, 0.1) is 0 Å². The van der Waals surface area contributed by atoms with Gasteiger partial charge in [0, 0.05) is 19.1 Å². The Kier molecular flexibility index (Phi) is 7.36. The van der Waals surface area contributed by atoms with Gasteiger partial charge in [0.05, 0.1) is 19.3 Å². The summed E-state index contributed by atoms with van der Waals surface area (Å²) < 4.78 is 10.7. The van der Waals surface area contributed by atoms with Crippen molar-refractivity contribution in [2.24, 2.45) is 0 Å². The zero-order valence-corrected chi connectivity index (χ0v) is 14.1. The van der Waals surface area contributed by atoms with E-state index in [4.69, 9.17) is 9.47 Å². The first kappa shape index (κ1) is 17.8. The second kappa shape index (κ2) is 9.53. The van der Waals surface area contributed by atoms with Crippen molar-refractivity contribution in [1.82, 2.24) is 10.6 Å². The van der Waals surface area contributed by atoms with Crippen LogP contribution in [0.25, 0.3) is 0 Å². The smallest absolute Gasteiger partial charge is 0.220 e. The maximum Gasteiger partial charge on any atom is 0.220 e. The summed E-state index contributed by atoms with van der Waals surface area (Å²) in [4.78, 5) is 12.0. The highest BCUT2D eigenvalue weighted by molar-refractivity contribution is 5.76. The van der Waals surface area contributed by atoms with Gasteiger partial charge in [-0.1, -0.05) is 12.1 Å². The molecule has 0 spiro atoms. The Morgan fingerprint density at radius 2 is 2.17 bits per heavy atom. The van der Waals surface area contributed by atoms with Crippen LogP contribution in [-0.2, 0) is 9.53 Å². The lowest BCUT2D eigenvalue weighted by Crippen LogP contribution is -2.31. The van der Waals surface area contributed by atoms with E-state index in [0.717, 1.165) is 43.9 Å². The van der Waals surface area contributed by atoms with Crippen LogP contribution in [0.5, 0.6) is 5.75 Å². The lowest BCUT2D eigenvalue weighted by Gasteiger charge is -2.15. The molecule has 1 saturated heterocycles. The van der Waals surface area contributed by atoms with Gasteiger partial charge in [0.15, 0.2) is 0 Å². The quantitative estimate of drug-likeness (QED) is 0.686. The maximum absolute atomic E-state index is 12.0. The molecule has 1 aliphatic rings. The fourth-order valence-electron chi connectivity index (χ4n) is 2.67. The summed E-state index contributed by atoms with van der Waals surface area (Å²) in [6.45, 7) is 7.12. The van der Waals surface area contributed by atoms with Gasteiger partial charge in [-0.25, -0.2) is 0 Å². The Bertz CT molecular complexity index is 470. The van der Waals surface area contributed by atoms with E-state index in [0.29, 0.717) is 19.1 Å². The molecule has 2 unspecified atom stereocenters. The van der Waals surface area contributed by atoms with Gasteiger partial charge in [0.25, 0.3) is 0 Å². The summed E-state index contributed by atoms with van der Waals surface area (Å²) in [6.07, 6.45) is 2.46. The minimum Gasteiger partial charge on any atom is -0.494 e. The predicted molar refractivity (Wildman–Crippen MR) is 90.6 cm³/mol. The minimum atomic E-state index is 0.00867. The average molecular weight is 320 g/mol. The lowest BCUT2D eigenvalue weighted by atomic mass is 10.1. The number of rotatable bonds is 9. The van der Waals surface area contributed by atoms with Crippen molar-refractivity contribution in [2.75, 3.05) is 26.4 Å². The van der Waals surface area contributed by atoms with Crippen molar-refractivity contribution in [2.45, 2.75) is 45.2 Å². The molecule has 5 heteroatoms. The summed E-state index contributed by atoms with van der Waals surface area (Å²) in [5, 5.41) is 6.47. The van der Waals surface area contributed by atoms with Crippen molar-refractivity contribution in [3.63, 3.8) is 0 Å². The zero-order valence-electron chi connectivity index (χ0n) is 14.1. The average Bonchev–Trinajstić information content (AvgIpc) is 3.06. The van der Waals surface area contributed by atoms with Crippen LogP contribution in [-0.4, -0.2) is 38.3 Å². The molecule has 23 heavy (non-hydrogen) atoms. The van der Waals surface area contributed by atoms with Crippen LogP contribution in [0.1, 0.15) is 44.7 Å². The molecule has 1 aromatic carbocycles. The molecule has 2 atom stereocenters. The Morgan fingerprint density at radius 3 is 2.83 bits per heavy atom. The number of amides is 1. The predicted octanol–water partition coefficient (Wildman–Crippen LogP) is 2.42. The number of ether oxygens (including phenoxy) is 2. The maximum atomic E-state index is 12.0. The standard InChI is InChI=1S/C18H28N2O3/c1-3-23-17-8-6-15(7-9-17)14(2)20-18(21)5-4-11-19-16-10-12-22-13-16/h6-9,14,16,19H,3-5,10-13H2,1-2H3,(H,20,21). The topological polar surface area (TPSA) is 59.6 Å². The number of carbonyl (C=O) groups excluding carboxylic acids is 1. The third-order valence-electron chi connectivity index (χ3n) is 4.01. The first-order valence-corrected chi connectivity index (χ1v) is 8.52. The molecule has 1 heterocycles. The van der Waals surface area contributed by atoms with Gasteiger partial charge in [-0.2, -0.15) is 0 Å². The lowest BCUT2D eigenvalue weighted by molar-refractivity contribution is -0.121. The van der Waals surface area contributed by atoms with Crippen LogP contribution in [0.2, 0.25) is 0 Å². The minimum absolute atomic E-state index is 0.00867. The largest absolute Gasteiger partial charge is 0.494 e. The van der Waals surface area contributed by atoms with Crippen molar-refractivity contribution in [1.29, 1.82) is 0 Å². The van der Waals surface area contributed by atoms with E-state index in [-0.39, 0.29) is 11.9 Å². The molecule has 0 aliphatic carbocycles. The van der Waals surface area contributed by atoms with Crippen LogP contribution in [0.4, 0.5) is 0 Å². The highest BCUT2D eigenvalue weighted by atomic mass is 16.5. The van der Waals surface area contributed by atoms with E-state index in [1.807, 2.05) is 38.1 Å². The van der Waals surface area contributed by atoms with Gasteiger partial charge < -0.3 is 20.1 Å². The Balaban J connectivity index is 1.65. The van der Waals surface area contributed by atoms with Crippen molar-refractivity contribution < 1.29 is 14.3 Å². The number of benzene rings is 1. The number of carbonyl (C=O) groups is 1. The Labute approximate surface area is 138 Å². The fourth-order valence-corrected chi connectivity index (χ4v) is 2.67. The third kappa shape index (κ3) is 6.20. The molecule has 1 fully saturated rings. The molecule has 1 aromatic rings. The third-order valence-corrected chi connectivity index (χ3v) is 4.01. The SMILES string of the molecule is CCOc1ccc(C(C)NC(=O)CCCNC2CCOC2)cc1. The first-order chi connectivity index (χ1) is 11.2. The Morgan fingerprint density at radius 1 is 1.39 bits per heavy atom. The van der Waals surface area contributed by atoms with E-state index < -0.39 is 0 Å². The van der Waals surface area contributed by atoms with Gasteiger partial charge >= 0.3 is 0 Å². The number of hydrogen-bond donors (Lipinski definition) is 2. The molecule has 1 aliphatic heterocycles. The van der Waals surface area contributed by atoms with Crippen molar-refractivity contribution >= 4 is 5.91 Å². The molecule has 0 bridgehead atoms. The van der Waals surface area contributed by atoms with Gasteiger partial charge in [-0.15, -0.1) is 0 Å². The number of nitrogens with one attached hydrogen (secondary N) is 2. The summed E-state index contributed by atoms with van der Waals surface area (Å²) in [5.74, 6) is 0.951. The van der Waals surface area contributed by atoms with Gasteiger partial charge in [-0.3, -0.25) is 4.79 Å². The van der Waals surface area contributed by atoms with E-state index in [1.165, 1.54) is 0 Å². The summed E-state index contributed by atoms with van der Waals surface area (Å²) in [6, 6.07) is 8.34. The van der Waals surface area contributed by atoms with Crippen LogP contribution in [0.3, 0.4) is 0 Å². The highest BCUT2D eigenvalue weighted by Gasteiger charge is 2.14. The van der Waals surface area contributed by atoms with Gasteiger partial charge in [0.1, 0.15) is 5.75 Å². The molecule has 0 radical (unpaired) electrons. The summed E-state index contributed by atoms with van der Waals surface area (Å²) >= 11 is 0. The van der Waals surface area contributed by atoms with Gasteiger partial charge in [-0.05, 0) is 50.9 Å². The molecule has 2 N–H and O–H groups in total. The van der Waals surface area contributed by atoms with E-state index in [1.54, 1.807) is 0 Å². The summed E-state index contributed by atoms with van der Waals surface area (Å²) in [5.41, 5.74) is 1.09. The van der Waals surface area contributed by atoms with Crippen LogP contribution in [0.15, 0.2) is 24.3 Å². The van der Waals surface area contributed by atoms with E-state index in [9.17, 15) is 4.79 Å². The molecule has 128 valence electrons. The first-order valence-electron chi connectivity index (χ1n) is 8.52. The Hall–Kier alpha value is -1.59. The van der Waals surface area contributed by atoms with Crippen LogP contribution < -0.4 is 15.4 Å². The normalized spacial score (nSPS) is 18.6. The monoisotopic (exact) mass is 320 g/mol. The second-order valence-corrected chi connectivity index (χ2v) is 5.91. The van der Waals surface area contributed by atoms with E-state index >= 15 is 0 Å². The second-order valence-electron chi connectivity index (χ2n) is 5.91. The molecule has 2 rings (SSSR count). The number of hydrogen-bond acceptors (Lipinski definition) is 4. The molecule has 0 saturated carbocycles. The molecular weight excluding hydrogens is 292 g/mol. The molecule has 0 aromatic heterocycles. The zero-order chi connectivity index (χ0) is 16.5. The van der Waals surface area contributed by atoms with Crippen molar-refractivity contribution in [3.05, 3.63) is 29.8 Å². The molecule has 1 amide bonds. The van der Waals surface area contributed by atoms with Crippen molar-refractivity contribution in [3.8, 4) is 5.75 Å². The van der Waals surface area contributed by atoms with E-state index in [2.05, 4.69) is 10.6 Å². The van der Waals surface area contributed by atoms with Gasteiger partial charge in [0.2, 0.25) is 5.91 Å². The molecular formula is C18H28N2O3. The highest BCUT2D eigenvalue weighted by Crippen LogP contribution is 2.17. The fraction of sp³-hybridized carbons (Fsp3) is 0.611. The van der Waals surface area contributed by atoms with Crippen LogP contribution >= 0.6 is 0 Å².